The Bertz CT molecular complexity index is 23.0. The van der Waals surface area contributed by atoms with Gasteiger partial charge >= 0.3 is 0 Å². The molecule has 0 aromatic carbocycles. The van der Waals surface area contributed by atoms with Crippen molar-refractivity contribution in [1.29, 1.82) is 0 Å². The fourth-order valence-electron chi connectivity index (χ4n) is 0. The molecule has 1 radical (unpaired) electrons. The zero-order valence-electron chi connectivity index (χ0n) is 2.34. The van der Waals surface area contributed by atoms with E-state index in [1.165, 1.54) is 0 Å². The molecule has 0 heterocycles. The van der Waals surface area contributed by atoms with E-state index in [1.807, 2.05) is 0 Å². The molecule has 6 heavy (non-hydrogen) atoms. The van der Waals surface area contributed by atoms with Crippen LogP contribution in [0.1, 0.15) is 0 Å². The molecule has 6 heteroatoms. The first-order valence-corrected chi connectivity index (χ1v) is 1.85. The van der Waals surface area contributed by atoms with Crippen molar-refractivity contribution in [2.24, 2.45) is 0 Å². The van der Waals surface area contributed by atoms with Crippen molar-refractivity contribution < 1.29 is 45.7 Å². The summed E-state index contributed by atoms with van der Waals surface area (Å²) in [6, 6.07) is 0. The van der Waals surface area contributed by atoms with E-state index in [0.717, 1.165) is 0 Å². The molecular formula is ClCoO4-. The molecule has 0 atom stereocenters. The SMILES string of the molecule is [Co].[O-][Cl+3]([O-])([O-])[O-]. The van der Waals surface area contributed by atoms with Crippen molar-refractivity contribution in [2.75, 3.05) is 0 Å². The van der Waals surface area contributed by atoms with E-state index in [4.69, 9.17) is 18.6 Å². The van der Waals surface area contributed by atoms with Crippen molar-refractivity contribution >= 4 is 0 Å². The largest absolute Gasteiger partial charge is 0.222 e. The molecule has 0 N–H and O–H groups in total. The Morgan fingerprint density at radius 2 is 0.833 bits per heavy atom. The zero-order chi connectivity index (χ0) is 4.50. The van der Waals surface area contributed by atoms with E-state index >= 15 is 0 Å². The van der Waals surface area contributed by atoms with Gasteiger partial charge in [0.05, 0.1) is 0 Å². The molecule has 0 fully saturated rings. The van der Waals surface area contributed by atoms with Crippen LogP contribution in [-0.2, 0) is 16.8 Å². The van der Waals surface area contributed by atoms with Gasteiger partial charge in [-0.1, -0.05) is 0 Å². The van der Waals surface area contributed by atoms with Crippen molar-refractivity contribution in [2.45, 2.75) is 0 Å². The Morgan fingerprint density at radius 3 is 0.833 bits per heavy atom. The normalized spacial score (nSPS) is 10.0. The van der Waals surface area contributed by atoms with Crippen molar-refractivity contribution in [3.05, 3.63) is 0 Å². The van der Waals surface area contributed by atoms with Crippen LogP contribution in [0, 0.1) is 10.2 Å². The van der Waals surface area contributed by atoms with Crippen LogP contribution in [-0.4, -0.2) is 0 Å². The fraction of sp³-hybridized carbons (Fsp3) is 0. The van der Waals surface area contributed by atoms with Gasteiger partial charge in [-0.3, -0.25) is 0 Å². The molecule has 0 aromatic rings. The van der Waals surface area contributed by atoms with Crippen LogP contribution in [0.4, 0.5) is 0 Å². The van der Waals surface area contributed by atoms with Gasteiger partial charge in [-0.05, 0) is 0 Å². The molecular weight excluding hydrogens is 158 g/mol. The molecule has 0 aliphatic rings. The molecule has 0 aliphatic heterocycles. The Kier molecular flexibility index (Phi) is 4.50. The van der Waals surface area contributed by atoms with E-state index in [2.05, 4.69) is 0 Å². The number of rotatable bonds is 0. The molecule has 0 spiro atoms. The summed E-state index contributed by atoms with van der Waals surface area (Å²) in [6.45, 7) is 0. The molecule has 0 amide bonds. The third-order valence-corrected chi connectivity index (χ3v) is 0. The Balaban J connectivity index is 0. The van der Waals surface area contributed by atoms with E-state index in [1.54, 1.807) is 0 Å². The molecule has 0 unspecified atom stereocenters. The van der Waals surface area contributed by atoms with Gasteiger partial charge in [0.15, 0.2) is 0 Å². The van der Waals surface area contributed by atoms with Gasteiger partial charge in [0.1, 0.15) is 0 Å². The topological polar surface area (TPSA) is 92.2 Å². The number of halogens is 1. The fourth-order valence-corrected chi connectivity index (χ4v) is 0. The first-order valence-electron chi connectivity index (χ1n) is 0.617. The molecule has 0 aliphatic carbocycles. The van der Waals surface area contributed by atoms with Gasteiger partial charge < -0.3 is 0 Å². The van der Waals surface area contributed by atoms with Crippen LogP contribution < -0.4 is 18.6 Å². The quantitative estimate of drug-likeness (QED) is 0.354. The maximum Gasteiger partial charge on any atom is 0 e. The summed E-state index contributed by atoms with van der Waals surface area (Å²) in [5, 5.41) is 0. The summed E-state index contributed by atoms with van der Waals surface area (Å²) < 4.78 is 34.0. The average Bonchev–Trinajstić information content (AvgIpc) is 0.722. The second kappa shape index (κ2) is 2.75. The summed E-state index contributed by atoms with van der Waals surface area (Å²) >= 11 is 0. The van der Waals surface area contributed by atoms with Gasteiger partial charge in [-0.2, -0.15) is 0 Å². The summed E-state index contributed by atoms with van der Waals surface area (Å²) in [5.74, 6) is 0. The maximum atomic E-state index is 8.49. The minimum absolute atomic E-state index is 0. The van der Waals surface area contributed by atoms with E-state index in [9.17, 15) is 0 Å². The zero-order valence-corrected chi connectivity index (χ0v) is 4.14. The van der Waals surface area contributed by atoms with Gasteiger partial charge in [-0.15, -0.1) is 10.2 Å². The minimum Gasteiger partial charge on any atom is -0.222 e. The molecule has 0 saturated heterocycles. The summed E-state index contributed by atoms with van der Waals surface area (Å²) in [5.41, 5.74) is 0. The third kappa shape index (κ3) is 151. The number of hydrogen-bond acceptors (Lipinski definition) is 4. The third-order valence-electron chi connectivity index (χ3n) is 0. The van der Waals surface area contributed by atoms with E-state index in [0.29, 0.717) is 0 Å². The van der Waals surface area contributed by atoms with E-state index < -0.39 is 10.2 Å². The van der Waals surface area contributed by atoms with Gasteiger partial charge in [-0.25, -0.2) is 18.6 Å². The maximum absolute atomic E-state index is 8.49. The van der Waals surface area contributed by atoms with Gasteiger partial charge in [0.2, 0.25) is 0 Å². The first kappa shape index (κ1) is 9.81. The predicted molar refractivity (Wildman–Crippen MR) is 0 cm³/mol. The summed E-state index contributed by atoms with van der Waals surface area (Å²) in [6.07, 6.45) is 0. The van der Waals surface area contributed by atoms with Crippen molar-refractivity contribution in [3.8, 4) is 0 Å². The standard InChI is InChI=1S/ClHO4.Co/c2-1(3,4)5;/h(H,2,3,4,5);/p-1. The van der Waals surface area contributed by atoms with E-state index in [-0.39, 0.29) is 16.8 Å². The number of hydrogen-bond donors (Lipinski definition) is 0. The van der Waals surface area contributed by atoms with Crippen LogP contribution in [0.2, 0.25) is 0 Å². The predicted octanol–water partition coefficient (Wildman–Crippen LogP) is -4.76. The van der Waals surface area contributed by atoms with Crippen LogP contribution in [0.15, 0.2) is 0 Å². The van der Waals surface area contributed by atoms with Gasteiger partial charge in [0.25, 0.3) is 0 Å². The van der Waals surface area contributed by atoms with Crippen LogP contribution in [0.3, 0.4) is 0 Å². The summed E-state index contributed by atoms with van der Waals surface area (Å²) in [7, 11) is -4.94. The molecule has 4 nitrogen and oxygen atoms in total. The molecule has 41 valence electrons. The minimum atomic E-state index is -4.94. The summed E-state index contributed by atoms with van der Waals surface area (Å²) in [4.78, 5) is 0. The smallest absolute Gasteiger partial charge is 0 e. The van der Waals surface area contributed by atoms with Crippen LogP contribution >= 0.6 is 0 Å². The molecule has 0 aromatic heterocycles. The Labute approximate surface area is 46.3 Å². The van der Waals surface area contributed by atoms with Crippen LogP contribution in [0.25, 0.3) is 0 Å². The Hall–Kier alpha value is 0.636. The monoisotopic (exact) mass is 158 g/mol. The average molecular weight is 158 g/mol. The van der Waals surface area contributed by atoms with Crippen molar-refractivity contribution in [1.82, 2.24) is 0 Å². The van der Waals surface area contributed by atoms with Gasteiger partial charge in [0, 0.05) is 16.8 Å². The second-order valence-corrected chi connectivity index (χ2v) is 1.13. The van der Waals surface area contributed by atoms with Crippen LogP contribution in [0.5, 0.6) is 0 Å². The second-order valence-electron chi connectivity index (χ2n) is 0.378. The molecule has 0 saturated carbocycles. The Morgan fingerprint density at radius 1 is 0.833 bits per heavy atom. The molecule has 0 rings (SSSR count). The first-order chi connectivity index (χ1) is 2.00. The van der Waals surface area contributed by atoms with Crippen molar-refractivity contribution in [3.63, 3.8) is 0 Å². The molecule has 0 bridgehead atoms.